The lowest BCUT2D eigenvalue weighted by Crippen LogP contribution is -2.50. The largest absolute Gasteiger partial charge is 0.369 e. The summed E-state index contributed by atoms with van der Waals surface area (Å²) in [4.78, 5) is 41.2. The summed E-state index contributed by atoms with van der Waals surface area (Å²) < 4.78 is 0. The van der Waals surface area contributed by atoms with Crippen molar-refractivity contribution < 1.29 is 14.4 Å². The van der Waals surface area contributed by atoms with Crippen LogP contribution in [0.25, 0.3) is 0 Å². The number of amides is 3. The molecule has 2 aliphatic rings. The molecule has 2 saturated heterocycles. The maximum absolute atomic E-state index is 12.5. The zero-order valence-corrected chi connectivity index (χ0v) is 13.5. The van der Waals surface area contributed by atoms with Crippen molar-refractivity contribution in [2.75, 3.05) is 40.3 Å². The van der Waals surface area contributed by atoms with Crippen LogP contribution in [0.3, 0.4) is 0 Å². The van der Waals surface area contributed by atoms with Crippen molar-refractivity contribution in [2.24, 2.45) is 11.7 Å². The van der Waals surface area contributed by atoms with Gasteiger partial charge >= 0.3 is 0 Å². The number of hydrogen-bond donors (Lipinski definition) is 1. The lowest BCUT2D eigenvalue weighted by atomic mass is 9.97. The van der Waals surface area contributed by atoms with Gasteiger partial charge in [-0.2, -0.15) is 0 Å². The Labute approximate surface area is 131 Å². The van der Waals surface area contributed by atoms with Gasteiger partial charge in [-0.25, -0.2) is 0 Å². The lowest BCUT2D eigenvalue weighted by molar-refractivity contribution is -0.138. The summed E-state index contributed by atoms with van der Waals surface area (Å²) in [6.45, 7) is 2.09. The van der Waals surface area contributed by atoms with Gasteiger partial charge in [-0.1, -0.05) is 0 Å². The van der Waals surface area contributed by atoms with Gasteiger partial charge in [0.25, 0.3) is 0 Å². The molecule has 2 N–H and O–H groups in total. The van der Waals surface area contributed by atoms with Crippen molar-refractivity contribution in [3.8, 4) is 0 Å². The summed E-state index contributed by atoms with van der Waals surface area (Å²) in [5.74, 6) is -0.529. The van der Waals surface area contributed by atoms with Gasteiger partial charge in [0.05, 0.1) is 18.5 Å². The average Bonchev–Trinajstić information content (AvgIpc) is 2.94. The van der Waals surface area contributed by atoms with E-state index in [1.807, 2.05) is 4.90 Å². The fourth-order valence-corrected chi connectivity index (χ4v) is 3.30. The maximum atomic E-state index is 12.5. The third kappa shape index (κ3) is 3.76. The van der Waals surface area contributed by atoms with E-state index >= 15 is 0 Å². The van der Waals surface area contributed by atoms with Crippen LogP contribution in [0.15, 0.2) is 0 Å². The van der Waals surface area contributed by atoms with Crippen LogP contribution in [0.4, 0.5) is 0 Å². The molecule has 2 unspecified atom stereocenters. The van der Waals surface area contributed by atoms with Crippen molar-refractivity contribution in [1.29, 1.82) is 0 Å². The van der Waals surface area contributed by atoms with Gasteiger partial charge in [-0.05, 0) is 32.2 Å². The molecule has 2 aliphatic heterocycles. The number of carbonyl (C=O) groups excluding carboxylic acids is 3. The van der Waals surface area contributed by atoms with Crippen molar-refractivity contribution in [3.05, 3.63) is 0 Å². The number of rotatable bonds is 4. The molecule has 2 fully saturated rings. The van der Waals surface area contributed by atoms with Gasteiger partial charge in [-0.15, -0.1) is 0 Å². The van der Waals surface area contributed by atoms with E-state index < -0.39 is 0 Å². The molecule has 0 aromatic heterocycles. The van der Waals surface area contributed by atoms with E-state index in [9.17, 15) is 14.4 Å². The van der Waals surface area contributed by atoms with Crippen molar-refractivity contribution in [2.45, 2.75) is 31.7 Å². The van der Waals surface area contributed by atoms with Crippen LogP contribution >= 0.6 is 0 Å². The Hall–Kier alpha value is -1.63. The molecular formula is C15H26N4O3. The van der Waals surface area contributed by atoms with Crippen LogP contribution in [0.5, 0.6) is 0 Å². The molecule has 22 heavy (non-hydrogen) atoms. The fraction of sp³-hybridized carbons (Fsp3) is 0.800. The highest BCUT2D eigenvalue weighted by Gasteiger charge is 2.34. The molecule has 124 valence electrons. The Morgan fingerprint density at radius 3 is 2.45 bits per heavy atom. The second kappa shape index (κ2) is 7.09. The highest BCUT2D eigenvalue weighted by molar-refractivity contribution is 5.84. The number of likely N-dealkylation sites (N-methyl/N-ethyl adjacent to an activating group) is 1. The number of nitrogens with two attached hydrogens (primary N) is 1. The van der Waals surface area contributed by atoms with Crippen LogP contribution in [-0.4, -0.2) is 78.7 Å². The van der Waals surface area contributed by atoms with Crippen molar-refractivity contribution >= 4 is 17.7 Å². The minimum absolute atomic E-state index is 0.00981. The quantitative estimate of drug-likeness (QED) is 0.741. The lowest BCUT2D eigenvalue weighted by Gasteiger charge is -2.33. The molecule has 0 aliphatic carbocycles. The van der Waals surface area contributed by atoms with E-state index in [-0.39, 0.29) is 36.2 Å². The highest BCUT2D eigenvalue weighted by atomic mass is 16.2. The van der Waals surface area contributed by atoms with Crippen LogP contribution in [0.1, 0.15) is 25.7 Å². The molecule has 0 spiro atoms. The summed E-state index contributed by atoms with van der Waals surface area (Å²) in [6.07, 6.45) is 3.29. The molecule has 0 aromatic carbocycles. The standard InChI is InChI=1S/C15H26N4O3/c1-17(2)15(22)12-6-4-7-18(12)10-13(20)19-8-3-5-11(9-19)14(16)21/h11-12H,3-10H2,1-2H3,(H2,16,21). The highest BCUT2D eigenvalue weighted by Crippen LogP contribution is 2.20. The van der Waals surface area contributed by atoms with Crippen LogP contribution in [0, 0.1) is 5.92 Å². The fourth-order valence-electron chi connectivity index (χ4n) is 3.30. The Bertz CT molecular complexity index is 452. The summed E-state index contributed by atoms with van der Waals surface area (Å²) >= 11 is 0. The monoisotopic (exact) mass is 310 g/mol. The molecule has 2 rings (SSSR count). The van der Waals surface area contributed by atoms with Gasteiger partial charge in [0, 0.05) is 27.2 Å². The van der Waals surface area contributed by atoms with Gasteiger partial charge in [0.2, 0.25) is 17.7 Å². The van der Waals surface area contributed by atoms with Gasteiger partial charge in [-0.3, -0.25) is 19.3 Å². The van der Waals surface area contributed by atoms with Gasteiger partial charge in [0.1, 0.15) is 0 Å². The zero-order valence-electron chi connectivity index (χ0n) is 13.5. The minimum Gasteiger partial charge on any atom is -0.369 e. The molecule has 3 amide bonds. The maximum Gasteiger partial charge on any atom is 0.239 e. The van der Waals surface area contributed by atoms with Crippen molar-refractivity contribution in [3.63, 3.8) is 0 Å². The number of hydrogen-bond acceptors (Lipinski definition) is 4. The predicted molar refractivity (Wildman–Crippen MR) is 81.8 cm³/mol. The average molecular weight is 310 g/mol. The molecule has 2 atom stereocenters. The Morgan fingerprint density at radius 1 is 1.14 bits per heavy atom. The van der Waals surface area contributed by atoms with E-state index in [1.165, 1.54) is 0 Å². The van der Waals surface area contributed by atoms with Crippen LogP contribution in [0.2, 0.25) is 0 Å². The molecule has 0 saturated carbocycles. The van der Waals surface area contributed by atoms with Crippen molar-refractivity contribution in [1.82, 2.24) is 14.7 Å². The van der Waals surface area contributed by atoms with E-state index in [1.54, 1.807) is 23.9 Å². The zero-order chi connectivity index (χ0) is 16.3. The Morgan fingerprint density at radius 2 is 1.82 bits per heavy atom. The summed E-state index contributed by atoms with van der Waals surface area (Å²) in [5, 5.41) is 0. The molecule has 0 bridgehead atoms. The first kappa shape index (κ1) is 16.7. The topological polar surface area (TPSA) is 87.0 Å². The number of carbonyl (C=O) groups is 3. The number of nitrogens with zero attached hydrogens (tertiary/aromatic N) is 3. The van der Waals surface area contributed by atoms with E-state index in [2.05, 4.69) is 0 Å². The normalized spacial score (nSPS) is 26.0. The van der Waals surface area contributed by atoms with Crippen LogP contribution < -0.4 is 5.73 Å². The third-order valence-corrected chi connectivity index (χ3v) is 4.60. The second-order valence-electron chi connectivity index (χ2n) is 6.44. The molecule has 7 nitrogen and oxygen atoms in total. The molecule has 0 aromatic rings. The number of likely N-dealkylation sites (tertiary alicyclic amines) is 2. The van der Waals surface area contributed by atoms with Crippen LogP contribution in [-0.2, 0) is 14.4 Å². The molecular weight excluding hydrogens is 284 g/mol. The predicted octanol–water partition coefficient (Wildman–Crippen LogP) is -0.737. The number of piperidine rings is 1. The van der Waals surface area contributed by atoms with E-state index in [4.69, 9.17) is 5.73 Å². The molecule has 2 heterocycles. The molecule has 0 radical (unpaired) electrons. The van der Waals surface area contributed by atoms with E-state index in [0.717, 1.165) is 32.2 Å². The first-order chi connectivity index (χ1) is 10.4. The second-order valence-corrected chi connectivity index (χ2v) is 6.44. The Kier molecular flexibility index (Phi) is 5.39. The third-order valence-electron chi connectivity index (χ3n) is 4.60. The summed E-state index contributed by atoms with van der Waals surface area (Å²) in [6, 6.07) is -0.198. The summed E-state index contributed by atoms with van der Waals surface area (Å²) in [7, 11) is 3.48. The molecule has 7 heteroatoms. The minimum atomic E-state index is -0.334. The first-order valence-corrected chi connectivity index (χ1v) is 7.92. The van der Waals surface area contributed by atoms with Gasteiger partial charge < -0.3 is 15.5 Å². The summed E-state index contributed by atoms with van der Waals surface area (Å²) in [5.41, 5.74) is 5.35. The smallest absolute Gasteiger partial charge is 0.239 e. The van der Waals surface area contributed by atoms with E-state index in [0.29, 0.717) is 13.1 Å². The SMILES string of the molecule is CN(C)C(=O)C1CCCN1CC(=O)N1CCCC(C(N)=O)C1. The first-order valence-electron chi connectivity index (χ1n) is 7.92. The van der Waals surface area contributed by atoms with Gasteiger partial charge in [0.15, 0.2) is 0 Å². The number of primary amides is 1. The Balaban J connectivity index is 1.93.